The van der Waals surface area contributed by atoms with Gasteiger partial charge in [0.25, 0.3) is 0 Å². The van der Waals surface area contributed by atoms with Crippen LogP contribution in [0.3, 0.4) is 0 Å². The van der Waals surface area contributed by atoms with Gasteiger partial charge in [0.15, 0.2) is 0 Å². The van der Waals surface area contributed by atoms with Gasteiger partial charge in [-0.25, -0.2) is 4.79 Å². The number of anilines is 1. The van der Waals surface area contributed by atoms with Crippen molar-refractivity contribution in [2.24, 2.45) is 0 Å². The summed E-state index contributed by atoms with van der Waals surface area (Å²) in [6, 6.07) is 17.3. The summed E-state index contributed by atoms with van der Waals surface area (Å²) < 4.78 is 5.20. The van der Waals surface area contributed by atoms with Gasteiger partial charge < -0.3 is 20.3 Å². The van der Waals surface area contributed by atoms with E-state index in [-0.39, 0.29) is 25.0 Å². The smallest absolute Gasteiger partial charge is 0.315 e. The maximum absolute atomic E-state index is 11.8. The molecule has 2 rings (SSSR count). The van der Waals surface area contributed by atoms with Crippen LogP contribution in [0.15, 0.2) is 54.6 Å². The van der Waals surface area contributed by atoms with Gasteiger partial charge in [-0.2, -0.15) is 0 Å². The van der Waals surface area contributed by atoms with Crippen molar-refractivity contribution >= 4 is 17.7 Å². The Kier molecular flexibility index (Phi) is 8.16. The van der Waals surface area contributed by atoms with E-state index in [0.29, 0.717) is 19.5 Å². The molecule has 0 bridgehead atoms. The van der Waals surface area contributed by atoms with Gasteiger partial charge in [0, 0.05) is 39.3 Å². The van der Waals surface area contributed by atoms with Crippen LogP contribution in [-0.4, -0.2) is 32.6 Å². The topological polar surface area (TPSA) is 70.7 Å². The van der Waals surface area contributed by atoms with Gasteiger partial charge in [0.2, 0.25) is 0 Å². The molecule has 0 saturated carbocycles. The number of urea groups is 1. The molecule has 2 amide bonds. The first-order chi connectivity index (χ1) is 13.0. The fourth-order valence-electron chi connectivity index (χ4n) is 2.40. The first-order valence-electron chi connectivity index (χ1n) is 9.02. The number of hydrogen-bond acceptors (Lipinski definition) is 4. The zero-order valence-electron chi connectivity index (χ0n) is 15.9. The number of benzene rings is 2. The number of hydrogen-bond donors (Lipinski definition) is 2. The molecule has 2 aromatic rings. The summed E-state index contributed by atoms with van der Waals surface area (Å²) >= 11 is 0. The van der Waals surface area contributed by atoms with Crippen LogP contribution in [0.1, 0.15) is 24.0 Å². The van der Waals surface area contributed by atoms with Crippen molar-refractivity contribution in [2.45, 2.75) is 26.0 Å². The molecule has 0 spiro atoms. The quantitative estimate of drug-likeness (QED) is 0.526. The molecule has 0 saturated heterocycles. The molecule has 0 heterocycles. The zero-order valence-corrected chi connectivity index (χ0v) is 15.9. The largest absolute Gasteiger partial charge is 0.461 e. The lowest BCUT2D eigenvalue weighted by Gasteiger charge is -2.13. The Balaban J connectivity index is 1.55. The Morgan fingerprint density at radius 3 is 2.30 bits per heavy atom. The Hall–Kier alpha value is -3.02. The third-order valence-electron chi connectivity index (χ3n) is 3.99. The minimum absolute atomic E-state index is 0.246. The highest BCUT2D eigenvalue weighted by molar-refractivity contribution is 5.74. The molecular weight excluding hydrogens is 342 g/mol. The van der Waals surface area contributed by atoms with Crippen LogP contribution in [-0.2, 0) is 22.7 Å². The first-order valence-corrected chi connectivity index (χ1v) is 9.02. The van der Waals surface area contributed by atoms with Gasteiger partial charge in [-0.1, -0.05) is 42.5 Å². The molecule has 0 unspecified atom stereocenters. The number of carbonyl (C=O) groups is 2. The Morgan fingerprint density at radius 2 is 1.63 bits per heavy atom. The summed E-state index contributed by atoms with van der Waals surface area (Å²) in [5, 5.41) is 5.55. The highest BCUT2D eigenvalue weighted by Gasteiger charge is 2.05. The van der Waals surface area contributed by atoms with Crippen molar-refractivity contribution in [3.05, 3.63) is 65.7 Å². The summed E-state index contributed by atoms with van der Waals surface area (Å²) in [5.74, 6) is -0.262. The molecule has 0 aliphatic heterocycles. The molecule has 2 N–H and O–H groups in total. The molecule has 27 heavy (non-hydrogen) atoms. The average Bonchev–Trinajstić information content (AvgIpc) is 2.69. The number of carbonyl (C=O) groups excluding carboxylic acids is 2. The Bertz CT molecular complexity index is 715. The summed E-state index contributed by atoms with van der Waals surface area (Å²) in [6.07, 6.45) is 0.817. The van der Waals surface area contributed by atoms with Gasteiger partial charge in [-0.3, -0.25) is 4.79 Å². The third kappa shape index (κ3) is 7.81. The van der Waals surface area contributed by atoms with E-state index < -0.39 is 0 Å². The van der Waals surface area contributed by atoms with Crippen molar-refractivity contribution in [2.75, 3.05) is 25.5 Å². The average molecular weight is 369 g/mol. The van der Waals surface area contributed by atoms with Crippen LogP contribution in [0.2, 0.25) is 0 Å². The van der Waals surface area contributed by atoms with E-state index in [0.717, 1.165) is 16.8 Å². The summed E-state index contributed by atoms with van der Waals surface area (Å²) in [4.78, 5) is 25.5. The van der Waals surface area contributed by atoms with Gasteiger partial charge in [-0.15, -0.1) is 0 Å². The molecule has 0 aromatic heterocycles. The number of nitrogens with zero attached hydrogens (tertiary/aromatic N) is 1. The van der Waals surface area contributed by atoms with E-state index >= 15 is 0 Å². The first kappa shape index (κ1) is 20.3. The fraction of sp³-hybridized carbons (Fsp3) is 0.333. The predicted octanol–water partition coefficient (Wildman–Crippen LogP) is 3.08. The number of amides is 2. The molecule has 2 aromatic carbocycles. The maximum atomic E-state index is 11.8. The maximum Gasteiger partial charge on any atom is 0.315 e. The lowest BCUT2D eigenvalue weighted by atomic mass is 10.2. The second-order valence-corrected chi connectivity index (χ2v) is 6.42. The van der Waals surface area contributed by atoms with Crippen LogP contribution in [0, 0.1) is 0 Å². The van der Waals surface area contributed by atoms with E-state index in [1.54, 1.807) is 0 Å². The summed E-state index contributed by atoms with van der Waals surface area (Å²) in [7, 11) is 3.97. The lowest BCUT2D eigenvalue weighted by Crippen LogP contribution is -2.35. The van der Waals surface area contributed by atoms with Gasteiger partial charge in [0.1, 0.15) is 6.61 Å². The van der Waals surface area contributed by atoms with Crippen molar-refractivity contribution in [3.63, 3.8) is 0 Å². The molecule has 0 aliphatic rings. The van der Waals surface area contributed by atoms with Crippen LogP contribution >= 0.6 is 0 Å². The van der Waals surface area contributed by atoms with E-state index in [1.165, 1.54) is 0 Å². The molecule has 6 heteroatoms. The molecule has 0 radical (unpaired) electrons. The van der Waals surface area contributed by atoms with Crippen molar-refractivity contribution in [3.8, 4) is 0 Å². The Labute approximate surface area is 160 Å². The highest BCUT2D eigenvalue weighted by atomic mass is 16.5. The highest BCUT2D eigenvalue weighted by Crippen LogP contribution is 2.11. The van der Waals surface area contributed by atoms with Crippen LogP contribution in [0.5, 0.6) is 0 Å². The Morgan fingerprint density at radius 1 is 0.926 bits per heavy atom. The van der Waals surface area contributed by atoms with Crippen LogP contribution in [0.4, 0.5) is 10.5 Å². The minimum atomic E-state index is -0.262. The number of esters is 1. The summed E-state index contributed by atoms with van der Waals surface area (Å²) in [6.45, 7) is 1.16. The molecule has 0 fully saturated rings. The van der Waals surface area contributed by atoms with Gasteiger partial charge in [-0.05, 0) is 29.7 Å². The monoisotopic (exact) mass is 369 g/mol. The van der Waals surface area contributed by atoms with Gasteiger partial charge >= 0.3 is 12.0 Å². The third-order valence-corrected chi connectivity index (χ3v) is 3.99. The molecule has 0 aliphatic carbocycles. The van der Waals surface area contributed by atoms with E-state index in [1.807, 2.05) is 73.6 Å². The van der Waals surface area contributed by atoms with Crippen LogP contribution < -0.4 is 15.5 Å². The predicted molar refractivity (Wildman–Crippen MR) is 106 cm³/mol. The SMILES string of the molecule is CN(C)c1ccc(CNC(=O)NCCCC(=O)OCc2ccccc2)cc1. The fourth-order valence-corrected chi connectivity index (χ4v) is 2.40. The summed E-state index contributed by atoms with van der Waals surface area (Å²) in [5.41, 5.74) is 3.10. The second kappa shape index (κ2) is 10.9. The number of ether oxygens (including phenoxy) is 1. The van der Waals surface area contributed by atoms with E-state index in [2.05, 4.69) is 10.6 Å². The second-order valence-electron chi connectivity index (χ2n) is 6.42. The van der Waals surface area contributed by atoms with Crippen molar-refractivity contribution in [1.29, 1.82) is 0 Å². The lowest BCUT2D eigenvalue weighted by molar-refractivity contribution is -0.145. The normalized spacial score (nSPS) is 10.1. The standard InChI is InChI=1S/C21H27N3O3/c1-24(2)19-12-10-17(11-13-19)15-23-21(26)22-14-6-9-20(25)27-16-18-7-4-3-5-8-18/h3-5,7-8,10-13H,6,9,14-16H2,1-2H3,(H2,22,23,26). The zero-order chi connectivity index (χ0) is 19.5. The molecular formula is C21H27N3O3. The van der Waals surface area contributed by atoms with Crippen molar-refractivity contribution in [1.82, 2.24) is 10.6 Å². The molecule has 144 valence electrons. The van der Waals surface area contributed by atoms with Crippen LogP contribution in [0.25, 0.3) is 0 Å². The minimum Gasteiger partial charge on any atom is -0.461 e. The van der Waals surface area contributed by atoms with Gasteiger partial charge in [0.05, 0.1) is 0 Å². The molecule has 6 nitrogen and oxygen atoms in total. The van der Waals surface area contributed by atoms with E-state index in [9.17, 15) is 9.59 Å². The van der Waals surface area contributed by atoms with Crippen molar-refractivity contribution < 1.29 is 14.3 Å². The number of rotatable bonds is 9. The number of nitrogens with one attached hydrogen (secondary N) is 2. The van der Waals surface area contributed by atoms with E-state index in [4.69, 9.17) is 4.74 Å². The molecule has 0 atom stereocenters.